The minimum absolute atomic E-state index is 0.586. The second kappa shape index (κ2) is 6.99. The molecule has 0 saturated carbocycles. The van der Waals surface area contributed by atoms with Crippen molar-refractivity contribution in [2.75, 3.05) is 11.9 Å². The number of fused-ring (bicyclic) bond motifs is 1. The van der Waals surface area contributed by atoms with E-state index in [-0.39, 0.29) is 0 Å². The predicted octanol–water partition coefficient (Wildman–Crippen LogP) is 5.46. The van der Waals surface area contributed by atoms with Gasteiger partial charge in [0.25, 0.3) is 0 Å². The molecule has 140 valence electrons. The summed E-state index contributed by atoms with van der Waals surface area (Å²) in [5, 5.41) is 8.11. The molecule has 3 aromatic rings. The third kappa shape index (κ3) is 3.58. The van der Waals surface area contributed by atoms with Crippen LogP contribution < -0.4 is 5.32 Å². The predicted molar refractivity (Wildman–Crippen MR) is 101 cm³/mol. The van der Waals surface area contributed by atoms with Crippen molar-refractivity contribution >= 4 is 21.7 Å². The number of aromatic nitrogens is 3. The van der Waals surface area contributed by atoms with Gasteiger partial charge in [0.1, 0.15) is 5.82 Å². The Hall–Kier alpha value is -2.35. The molecule has 0 radical (unpaired) electrons. The van der Waals surface area contributed by atoms with Crippen LogP contribution in [0.4, 0.5) is 19.0 Å². The molecule has 1 N–H and O–H groups in total. The average molecular weight is 437 g/mol. The van der Waals surface area contributed by atoms with E-state index in [1.165, 1.54) is 12.1 Å². The van der Waals surface area contributed by atoms with Gasteiger partial charge in [-0.2, -0.15) is 18.3 Å². The molecule has 4 rings (SSSR count). The van der Waals surface area contributed by atoms with Crippen LogP contribution in [0.25, 0.3) is 16.9 Å². The van der Waals surface area contributed by atoms with E-state index in [2.05, 4.69) is 26.2 Å². The van der Waals surface area contributed by atoms with Crippen molar-refractivity contribution in [1.29, 1.82) is 0 Å². The highest BCUT2D eigenvalue weighted by Gasteiger charge is 2.30. The van der Waals surface area contributed by atoms with E-state index in [1.54, 1.807) is 17.1 Å². The van der Waals surface area contributed by atoms with Crippen LogP contribution in [0.5, 0.6) is 0 Å². The highest BCUT2D eigenvalue weighted by Crippen LogP contribution is 2.35. The number of nitrogens with zero attached hydrogens (tertiary/aromatic N) is 3. The lowest BCUT2D eigenvalue weighted by Crippen LogP contribution is -2.08. The summed E-state index contributed by atoms with van der Waals surface area (Å²) in [6.45, 7) is 0.801. The van der Waals surface area contributed by atoms with Crippen molar-refractivity contribution in [3.63, 3.8) is 0 Å². The smallest absolute Gasteiger partial charge is 0.370 e. The Kier molecular flexibility index (Phi) is 4.67. The van der Waals surface area contributed by atoms with Crippen molar-refractivity contribution in [1.82, 2.24) is 14.8 Å². The van der Waals surface area contributed by atoms with Gasteiger partial charge < -0.3 is 5.32 Å². The summed E-state index contributed by atoms with van der Waals surface area (Å²) in [5.74, 6) is 0.835. The SMILES string of the molecule is FC(F)(F)c1ccc(-n2nc(-c3cncc(Br)c3)c3c2NCCCC3)cc1. The fraction of sp³-hybridized carbons (Fsp3) is 0.263. The first kappa shape index (κ1) is 18.0. The minimum atomic E-state index is -4.36. The normalized spacial score (nSPS) is 14.4. The second-order valence-corrected chi connectivity index (χ2v) is 7.32. The number of halogens is 4. The van der Waals surface area contributed by atoms with Gasteiger partial charge in [0.15, 0.2) is 0 Å². The number of anilines is 1. The van der Waals surface area contributed by atoms with Crippen LogP contribution >= 0.6 is 15.9 Å². The first-order chi connectivity index (χ1) is 12.9. The number of nitrogens with one attached hydrogen (secondary N) is 1. The van der Waals surface area contributed by atoms with Gasteiger partial charge in [-0.15, -0.1) is 0 Å². The van der Waals surface area contributed by atoms with Gasteiger partial charge in [-0.1, -0.05) is 0 Å². The Morgan fingerprint density at radius 3 is 2.56 bits per heavy atom. The maximum absolute atomic E-state index is 12.9. The fourth-order valence-corrected chi connectivity index (χ4v) is 3.62. The number of rotatable bonds is 2. The van der Waals surface area contributed by atoms with E-state index >= 15 is 0 Å². The van der Waals surface area contributed by atoms with Crippen molar-refractivity contribution in [2.24, 2.45) is 0 Å². The quantitative estimate of drug-likeness (QED) is 0.579. The lowest BCUT2D eigenvalue weighted by Gasteiger charge is -2.11. The van der Waals surface area contributed by atoms with Gasteiger partial charge in [0.2, 0.25) is 0 Å². The number of pyridine rings is 1. The topological polar surface area (TPSA) is 42.7 Å². The van der Waals surface area contributed by atoms with Gasteiger partial charge in [-0.3, -0.25) is 4.98 Å². The monoisotopic (exact) mass is 436 g/mol. The van der Waals surface area contributed by atoms with E-state index in [0.717, 1.165) is 65.1 Å². The molecule has 1 aromatic carbocycles. The zero-order valence-corrected chi connectivity index (χ0v) is 15.8. The summed E-state index contributed by atoms with van der Waals surface area (Å²) in [4.78, 5) is 4.21. The molecule has 4 nitrogen and oxygen atoms in total. The summed E-state index contributed by atoms with van der Waals surface area (Å²) in [6.07, 6.45) is 1.99. The lowest BCUT2D eigenvalue weighted by molar-refractivity contribution is -0.137. The summed E-state index contributed by atoms with van der Waals surface area (Å²) >= 11 is 3.43. The molecule has 0 unspecified atom stereocenters. The molecular weight excluding hydrogens is 421 g/mol. The molecule has 1 aliphatic rings. The molecule has 0 fully saturated rings. The molecule has 0 bridgehead atoms. The highest BCUT2D eigenvalue weighted by atomic mass is 79.9. The number of hydrogen-bond donors (Lipinski definition) is 1. The van der Waals surface area contributed by atoms with Crippen molar-refractivity contribution in [2.45, 2.75) is 25.4 Å². The van der Waals surface area contributed by atoms with E-state index < -0.39 is 11.7 Å². The standard InChI is InChI=1S/C19H16BrF3N4/c20-14-9-12(10-24-11-14)17-16-3-1-2-8-25-18(16)27(26-17)15-6-4-13(5-7-15)19(21,22)23/h4-7,9-11,25H,1-3,8H2. The maximum atomic E-state index is 12.9. The molecule has 0 saturated heterocycles. The van der Waals surface area contributed by atoms with Gasteiger partial charge in [-0.25, -0.2) is 4.68 Å². The zero-order chi connectivity index (χ0) is 19.0. The Labute approximate surface area is 162 Å². The van der Waals surface area contributed by atoms with E-state index in [9.17, 15) is 13.2 Å². The second-order valence-electron chi connectivity index (χ2n) is 6.41. The molecule has 2 aromatic heterocycles. The van der Waals surface area contributed by atoms with Gasteiger partial charge >= 0.3 is 6.18 Å². The first-order valence-electron chi connectivity index (χ1n) is 8.58. The van der Waals surface area contributed by atoms with Crippen molar-refractivity contribution < 1.29 is 13.2 Å². The fourth-order valence-electron chi connectivity index (χ4n) is 3.25. The van der Waals surface area contributed by atoms with Gasteiger partial charge in [0.05, 0.1) is 16.9 Å². The average Bonchev–Trinajstić information content (AvgIpc) is 2.82. The van der Waals surface area contributed by atoms with E-state index in [0.29, 0.717) is 5.69 Å². The van der Waals surface area contributed by atoms with Crippen LogP contribution in [0.1, 0.15) is 24.0 Å². The molecule has 8 heteroatoms. The van der Waals surface area contributed by atoms with Crippen LogP contribution in [-0.2, 0) is 12.6 Å². The Balaban J connectivity index is 1.84. The molecule has 1 aliphatic heterocycles. The van der Waals surface area contributed by atoms with Crippen LogP contribution in [0.15, 0.2) is 47.2 Å². The molecule has 0 amide bonds. The summed E-state index contributed by atoms with van der Waals surface area (Å²) in [6, 6.07) is 7.01. The molecule has 0 aliphatic carbocycles. The molecule has 27 heavy (non-hydrogen) atoms. The number of benzene rings is 1. The van der Waals surface area contributed by atoms with Crippen molar-refractivity contribution in [3.05, 3.63) is 58.3 Å². The van der Waals surface area contributed by atoms with Crippen LogP contribution in [0.2, 0.25) is 0 Å². The third-order valence-corrected chi connectivity index (χ3v) is 4.98. The summed E-state index contributed by atoms with van der Waals surface area (Å²) in [5.41, 5.74) is 2.65. The van der Waals surface area contributed by atoms with E-state index in [4.69, 9.17) is 5.10 Å². The maximum Gasteiger partial charge on any atom is 0.416 e. The summed E-state index contributed by atoms with van der Waals surface area (Å²) < 4.78 is 41.1. The molecule has 0 atom stereocenters. The molecular formula is C19H16BrF3N4. The van der Waals surface area contributed by atoms with Crippen molar-refractivity contribution in [3.8, 4) is 16.9 Å². The highest BCUT2D eigenvalue weighted by molar-refractivity contribution is 9.10. The van der Waals surface area contributed by atoms with Crippen LogP contribution in [-0.4, -0.2) is 21.3 Å². The minimum Gasteiger partial charge on any atom is -0.370 e. The van der Waals surface area contributed by atoms with Gasteiger partial charge in [0, 0.05) is 34.5 Å². The first-order valence-corrected chi connectivity index (χ1v) is 9.37. The molecule has 0 spiro atoms. The summed E-state index contributed by atoms with van der Waals surface area (Å²) in [7, 11) is 0. The number of alkyl halides is 3. The Bertz CT molecular complexity index is 964. The number of hydrogen-bond acceptors (Lipinski definition) is 3. The Morgan fingerprint density at radius 2 is 1.85 bits per heavy atom. The molecule has 3 heterocycles. The van der Waals surface area contributed by atoms with Crippen LogP contribution in [0, 0.1) is 0 Å². The third-order valence-electron chi connectivity index (χ3n) is 4.55. The van der Waals surface area contributed by atoms with E-state index in [1.807, 2.05) is 6.07 Å². The largest absolute Gasteiger partial charge is 0.416 e. The Morgan fingerprint density at radius 1 is 1.07 bits per heavy atom. The van der Waals surface area contributed by atoms with Crippen LogP contribution in [0.3, 0.4) is 0 Å². The zero-order valence-electron chi connectivity index (χ0n) is 14.2. The lowest BCUT2D eigenvalue weighted by atomic mass is 10.1. The van der Waals surface area contributed by atoms with Gasteiger partial charge in [-0.05, 0) is 65.5 Å².